The molecule has 142 valence electrons. The van der Waals surface area contributed by atoms with Gasteiger partial charge >= 0.3 is 0 Å². The Morgan fingerprint density at radius 1 is 0.966 bits per heavy atom. The molecule has 0 bridgehead atoms. The number of hydrazone groups is 1. The molecule has 3 aromatic carbocycles. The summed E-state index contributed by atoms with van der Waals surface area (Å²) >= 11 is 0. The van der Waals surface area contributed by atoms with Crippen LogP contribution in [0.4, 0.5) is 0 Å². The van der Waals surface area contributed by atoms with Crippen LogP contribution < -0.4 is 10.2 Å². The molecule has 8 nitrogen and oxygen atoms in total. The monoisotopic (exact) mass is 384 g/mol. The maximum atomic E-state index is 12.2. The van der Waals surface area contributed by atoms with Crippen molar-refractivity contribution in [1.29, 1.82) is 0 Å². The average molecular weight is 384 g/mol. The molecule has 0 unspecified atom stereocenters. The smallest absolute Gasteiger partial charge is 0.271 e. The zero-order chi connectivity index (χ0) is 19.9. The van der Waals surface area contributed by atoms with E-state index in [0.717, 1.165) is 17.0 Å². The molecule has 1 amide bonds. The number of tetrazole rings is 1. The van der Waals surface area contributed by atoms with Gasteiger partial charge < -0.3 is 4.74 Å². The molecular weight excluding hydrogens is 368 g/mol. The molecule has 0 radical (unpaired) electrons. The normalized spacial score (nSPS) is 10.8. The molecule has 8 heteroatoms. The van der Waals surface area contributed by atoms with Crippen LogP contribution in [0.25, 0.3) is 5.69 Å². The lowest BCUT2D eigenvalue weighted by Crippen LogP contribution is -2.17. The van der Waals surface area contributed by atoms with E-state index >= 15 is 0 Å². The van der Waals surface area contributed by atoms with Crippen molar-refractivity contribution in [3.63, 3.8) is 0 Å². The lowest BCUT2D eigenvalue weighted by atomic mass is 10.2. The summed E-state index contributed by atoms with van der Waals surface area (Å²) in [5.74, 6) is 1.12. The van der Waals surface area contributed by atoms with Crippen LogP contribution in [0.1, 0.15) is 15.9 Å². The van der Waals surface area contributed by atoms with Crippen molar-refractivity contribution < 1.29 is 9.53 Å². The number of para-hydroxylation sites is 1. The fraction of sp³-hybridized carbons (Fsp3) is 0. The minimum Gasteiger partial charge on any atom is -0.457 e. The highest BCUT2D eigenvalue weighted by molar-refractivity contribution is 5.95. The van der Waals surface area contributed by atoms with Crippen LogP contribution in [0.5, 0.6) is 11.5 Å². The standard InChI is InChI=1S/C21H16N6O2/c28-21(17-9-11-18(12-10-17)27-15-23-25-26-27)24-22-14-16-5-4-8-20(13-16)29-19-6-2-1-3-7-19/h1-15H,(H,24,28)/b22-14+. The zero-order valence-corrected chi connectivity index (χ0v) is 15.2. The number of nitrogens with zero attached hydrogens (tertiary/aromatic N) is 5. The van der Waals surface area contributed by atoms with Crippen LogP contribution in [-0.4, -0.2) is 32.3 Å². The van der Waals surface area contributed by atoms with Gasteiger partial charge in [-0.2, -0.15) is 5.10 Å². The van der Waals surface area contributed by atoms with Gasteiger partial charge in [-0.05, 0) is 64.5 Å². The topological polar surface area (TPSA) is 94.3 Å². The number of aromatic nitrogens is 4. The highest BCUT2D eigenvalue weighted by Gasteiger charge is 2.05. The Morgan fingerprint density at radius 2 is 1.76 bits per heavy atom. The van der Waals surface area contributed by atoms with Crippen molar-refractivity contribution in [3.8, 4) is 17.2 Å². The van der Waals surface area contributed by atoms with Crippen LogP contribution in [0.2, 0.25) is 0 Å². The third-order valence-electron chi connectivity index (χ3n) is 3.96. The number of amides is 1. The Bertz CT molecular complexity index is 1110. The summed E-state index contributed by atoms with van der Waals surface area (Å²) in [5.41, 5.74) is 4.54. The second-order valence-corrected chi connectivity index (χ2v) is 5.99. The number of benzene rings is 3. The summed E-state index contributed by atoms with van der Waals surface area (Å²) < 4.78 is 7.30. The van der Waals surface area contributed by atoms with Gasteiger partial charge in [0.05, 0.1) is 11.9 Å². The van der Waals surface area contributed by atoms with E-state index in [4.69, 9.17) is 4.74 Å². The molecule has 0 atom stereocenters. The van der Waals surface area contributed by atoms with Gasteiger partial charge in [0.1, 0.15) is 17.8 Å². The van der Waals surface area contributed by atoms with Crippen LogP contribution >= 0.6 is 0 Å². The Balaban J connectivity index is 1.37. The molecule has 0 aliphatic heterocycles. The summed E-state index contributed by atoms with van der Waals surface area (Å²) in [4.78, 5) is 12.2. The Labute approximate surface area is 166 Å². The summed E-state index contributed by atoms with van der Waals surface area (Å²) in [5, 5.41) is 15.0. The molecule has 1 N–H and O–H groups in total. The molecule has 0 spiro atoms. The first-order chi connectivity index (χ1) is 14.3. The van der Waals surface area contributed by atoms with Crippen LogP contribution in [0.3, 0.4) is 0 Å². The van der Waals surface area contributed by atoms with E-state index in [1.165, 1.54) is 11.0 Å². The maximum absolute atomic E-state index is 12.2. The van der Waals surface area contributed by atoms with Gasteiger partial charge in [0, 0.05) is 5.56 Å². The average Bonchev–Trinajstić information content (AvgIpc) is 3.30. The molecule has 1 aromatic heterocycles. The van der Waals surface area contributed by atoms with Gasteiger partial charge in [0.25, 0.3) is 5.91 Å². The Hall–Kier alpha value is -4.33. The van der Waals surface area contributed by atoms with Gasteiger partial charge in [-0.1, -0.05) is 30.3 Å². The van der Waals surface area contributed by atoms with E-state index in [1.807, 2.05) is 54.6 Å². The van der Waals surface area contributed by atoms with Crippen LogP contribution in [0.15, 0.2) is 90.3 Å². The van der Waals surface area contributed by atoms with Crippen molar-refractivity contribution >= 4 is 12.1 Å². The molecule has 4 aromatic rings. The Kier molecular flexibility index (Phi) is 5.34. The van der Waals surface area contributed by atoms with E-state index in [2.05, 4.69) is 26.1 Å². The molecule has 4 rings (SSSR count). The van der Waals surface area contributed by atoms with Gasteiger partial charge in [0.2, 0.25) is 0 Å². The van der Waals surface area contributed by atoms with Crippen molar-refractivity contribution in [2.24, 2.45) is 5.10 Å². The number of carbonyl (C=O) groups is 1. The lowest BCUT2D eigenvalue weighted by molar-refractivity contribution is 0.0955. The Morgan fingerprint density at radius 3 is 2.52 bits per heavy atom. The number of ether oxygens (including phenoxy) is 1. The lowest BCUT2D eigenvalue weighted by Gasteiger charge is -2.06. The third kappa shape index (κ3) is 4.69. The van der Waals surface area contributed by atoms with E-state index < -0.39 is 0 Å². The van der Waals surface area contributed by atoms with Crippen molar-refractivity contribution in [1.82, 2.24) is 25.6 Å². The van der Waals surface area contributed by atoms with Crippen molar-refractivity contribution in [2.75, 3.05) is 0 Å². The molecule has 0 aliphatic rings. The molecule has 0 fully saturated rings. The summed E-state index contributed by atoms with van der Waals surface area (Å²) in [6, 6.07) is 23.8. The molecular formula is C21H16N6O2. The minimum atomic E-state index is -0.318. The van der Waals surface area contributed by atoms with Gasteiger partial charge in [-0.3, -0.25) is 4.79 Å². The highest BCUT2D eigenvalue weighted by atomic mass is 16.5. The van der Waals surface area contributed by atoms with Gasteiger partial charge in [-0.15, -0.1) is 5.10 Å². The first-order valence-corrected chi connectivity index (χ1v) is 8.78. The van der Waals surface area contributed by atoms with E-state index in [9.17, 15) is 4.79 Å². The number of hydrogen-bond acceptors (Lipinski definition) is 6. The van der Waals surface area contributed by atoms with Crippen molar-refractivity contribution in [2.45, 2.75) is 0 Å². The molecule has 0 aliphatic carbocycles. The van der Waals surface area contributed by atoms with Gasteiger partial charge in [-0.25, -0.2) is 10.1 Å². The number of rotatable bonds is 6. The van der Waals surface area contributed by atoms with E-state index in [-0.39, 0.29) is 5.91 Å². The summed E-state index contributed by atoms with van der Waals surface area (Å²) in [6.45, 7) is 0. The molecule has 0 saturated heterocycles. The molecule has 29 heavy (non-hydrogen) atoms. The van der Waals surface area contributed by atoms with Crippen molar-refractivity contribution in [3.05, 3.63) is 96.3 Å². The second kappa shape index (κ2) is 8.57. The maximum Gasteiger partial charge on any atom is 0.271 e. The quantitative estimate of drug-likeness (QED) is 0.407. The largest absolute Gasteiger partial charge is 0.457 e. The molecule has 0 saturated carbocycles. The van der Waals surface area contributed by atoms with E-state index in [0.29, 0.717) is 11.3 Å². The fourth-order valence-corrected chi connectivity index (χ4v) is 2.56. The molecule has 1 heterocycles. The van der Waals surface area contributed by atoms with Crippen LogP contribution in [-0.2, 0) is 0 Å². The first-order valence-electron chi connectivity index (χ1n) is 8.78. The highest BCUT2D eigenvalue weighted by Crippen LogP contribution is 2.21. The third-order valence-corrected chi connectivity index (χ3v) is 3.96. The predicted molar refractivity (Wildman–Crippen MR) is 107 cm³/mol. The minimum absolute atomic E-state index is 0.318. The SMILES string of the molecule is O=C(N/N=C/c1cccc(Oc2ccccc2)c1)c1ccc(-n2cnnn2)cc1. The van der Waals surface area contributed by atoms with Gasteiger partial charge in [0.15, 0.2) is 0 Å². The second-order valence-electron chi connectivity index (χ2n) is 5.99. The van der Waals surface area contributed by atoms with Crippen LogP contribution in [0, 0.1) is 0 Å². The number of nitrogens with one attached hydrogen (secondary N) is 1. The number of hydrogen-bond donors (Lipinski definition) is 1. The fourth-order valence-electron chi connectivity index (χ4n) is 2.56. The summed E-state index contributed by atoms with van der Waals surface area (Å²) in [7, 11) is 0. The predicted octanol–water partition coefficient (Wildman–Crippen LogP) is 3.22. The number of carbonyl (C=O) groups excluding carboxylic acids is 1. The summed E-state index contributed by atoms with van der Waals surface area (Å²) in [6.07, 6.45) is 3.04. The zero-order valence-electron chi connectivity index (χ0n) is 15.2. The van der Waals surface area contributed by atoms with E-state index in [1.54, 1.807) is 30.5 Å². The first kappa shape index (κ1) is 18.1.